The Labute approximate surface area is 192 Å². The topological polar surface area (TPSA) is 121 Å². The molecule has 0 fully saturated rings. The molecule has 0 radical (unpaired) electrons. The summed E-state index contributed by atoms with van der Waals surface area (Å²) in [5, 5.41) is 1.50. The van der Waals surface area contributed by atoms with Crippen molar-refractivity contribution in [1.29, 1.82) is 0 Å². The Balaban J connectivity index is -0.000000512. The zero-order valence-corrected chi connectivity index (χ0v) is 23.8. The second-order valence-corrected chi connectivity index (χ2v) is 13.3. The number of hydrogen-bond acceptors (Lipinski definition) is 2. The maximum Gasteiger partial charge on any atom is 0.319 e. The van der Waals surface area contributed by atoms with E-state index in [1.54, 1.807) is 0 Å². The maximum atomic E-state index is 7.56. The van der Waals surface area contributed by atoms with Crippen LogP contribution >= 0.6 is 13.4 Å². The number of rotatable bonds is 15. The van der Waals surface area contributed by atoms with E-state index in [-0.39, 0.29) is 0 Å². The zero-order chi connectivity index (χ0) is 22.3. The van der Waals surface area contributed by atoms with E-state index in [1.807, 2.05) is 0 Å². The first kappa shape index (κ1) is 34.3. The van der Waals surface area contributed by atoms with Crippen molar-refractivity contribution >= 4 is 37.1 Å². The summed E-state index contributed by atoms with van der Waals surface area (Å²) < 4.78 is 0. The number of unbranched alkanes of at least 4 members (excludes halogenated alkanes) is 14. The molecule has 6 N–H and O–H groups in total. The fourth-order valence-electron chi connectivity index (χ4n) is 2.55. The van der Waals surface area contributed by atoms with Gasteiger partial charge in [0.2, 0.25) is 0 Å². The third-order valence-electron chi connectivity index (χ3n) is 3.85. The van der Waals surface area contributed by atoms with Gasteiger partial charge in [-0.25, -0.2) is 0 Å². The summed E-state index contributed by atoms with van der Waals surface area (Å²) in [5.74, 6) is 0. The molecule has 0 aliphatic rings. The van der Waals surface area contributed by atoms with Gasteiger partial charge in [0.1, 0.15) is 0 Å². The summed E-state index contributed by atoms with van der Waals surface area (Å²) in [7, 11) is 0. The summed E-state index contributed by atoms with van der Waals surface area (Å²) >= 11 is 8.71. The molecule has 0 aliphatic heterocycles. The van der Waals surface area contributed by atoms with Crippen LogP contribution in [-0.2, 0) is 41.9 Å². The van der Waals surface area contributed by atoms with E-state index >= 15 is 0 Å². The minimum Gasteiger partial charge on any atom is -0.325 e. The molecule has 11 heteroatoms. The summed E-state index contributed by atoms with van der Waals surface area (Å²) in [6, 6.07) is 0. The van der Waals surface area contributed by atoms with Gasteiger partial charge in [0, 0.05) is 0 Å². The van der Waals surface area contributed by atoms with E-state index in [1.165, 1.54) is 120 Å². The monoisotopic (exact) mass is 531 g/mol. The van der Waals surface area contributed by atoms with E-state index in [2.05, 4.69) is 30.5 Å². The van der Waals surface area contributed by atoms with Gasteiger partial charge in [0.15, 0.2) is 0 Å². The van der Waals surface area contributed by atoms with Gasteiger partial charge in [-0.05, 0) is 23.6 Å². The van der Waals surface area contributed by atoms with Gasteiger partial charge in [-0.2, -0.15) is 0 Å². The zero-order valence-electron chi connectivity index (χ0n) is 17.4. The standard InChI is InChI=1S/C17H35.2H3O3PS.Zn/c1-3-5-7-9-11-13-15-17-16-14-12-10-8-6-4-2;2*1-4(2,3)5;/h1,3-17H2,2H3;2*(H3,1,2,3,5);. The summed E-state index contributed by atoms with van der Waals surface area (Å²) in [6.45, 7) is -5.32. The normalized spacial score (nSPS) is 11.3. The molecular formula is C17H41O6P2S2Zn. The molecule has 28 heavy (non-hydrogen) atoms. The first-order valence-corrected chi connectivity index (χ1v) is 17.7. The van der Waals surface area contributed by atoms with Gasteiger partial charge in [0.25, 0.3) is 0 Å². The quantitative estimate of drug-likeness (QED) is 0.0967. The van der Waals surface area contributed by atoms with Gasteiger partial charge in [-0.15, -0.1) is 0 Å². The minimum atomic E-state index is -3.81. The Morgan fingerprint density at radius 2 is 0.679 bits per heavy atom. The maximum absolute atomic E-state index is 7.56. The van der Waals surface area contributed by atoms with Crippen LogP contribution in [0.1, 0.15) is 103 Å². The Hall–Kier alpha value is 1.68. The summed E-state index contributed by atoms with van der Waals surface area (Å²) in [5.41, 5.74) is 0. The summed E-state index contributed by atoms with van der Waals surface area (Å²) in [6.07, 6.45) is 22.2. The number of hydrogen-bond donors (Lipinski definition) is 6. The second kappa shape index (κ2) is 24.9. The molecule has 0 unspecified atom stereocenters. The van der Waals surface area contributed by atoms with Crippen LogP contribution in [0.15, 0.2) is 0 Å². The SMILES string of the molecule is CCCCCCCCCCCCCCCC[CH2][Zn].OP(O)(O)=S.OP(O)(O)=S. The van der Waals surface area contributed by atoms with Crippen molar-refractivity contribution in [3.8, 4) is 0 Å². The minimum absolute atomic E-state index is 1.38. The predicted octanol–water partition coefficient (Wildman–Crippen LogP) is 5.20. The molecule has 169 valence electrons. The van der Waals surface area contributed by atoms with Crippen LogP contribution in [0.3, 0.4) is 0 Å². The Morgan fingerprint density at radius 1 is 0.500 bits per heavy atom. The largest absolute Gasteiger partial charge is 0.325 e. The molecule has 0 saturated heterocycles. The molecule has 0 bridgehead atoms. The molecule has 0 rings (SSSR count). The Kier molecular flexibility index (Phi) is 30.6. The molecule has 0 spiro atoms. The van der Waals surface area contributed by atoms with Crippen molar-refractivity contribution in [1.82, 2.24) is 0 Å². The van der Waals surface area contributed by atoms with Crippen LogP contribution in [-0.4, -0.2) is 29.4 Å². The van der Waals surface area contributed by atoms with Crippen molar-refractivity contribution in [2.75, 3.05) is 0 Å². The Morgan fingerprint density at radius 3 is 0.857 bits per heavy atom. The molecule has 6 nitrogen and oxygen atoms in total. The van der Waals surface area contributed by atoms with Crippen molar-refractivity contribution in [3.05, 3.63) is 0 Å². The van der Waals surface area contributed by atoms with Crippen molar-refractivity contribution in [2.24, 2.45) is 0 Å². The van der Waals surface area contributed by atoms with Crippen molar-refractivity contribution < 1.29 is 47.7 Å². The van der Waals surface area contributed by atoms with E-state index in [0.29, 0.717) is 0 Å². The van der Waals surface area contributed by atoms with Crippen LogP contribution in [0.2, 0.25) is 5.02 Å². The van der Waals surface area contributed by atoms with E-state index in [0.717, 1.165) is 0 Å². The van der Waals surface area contributed by atoms with Gasteiger partial charge >= 0.3 is 107 Å². The van der Waals surface area contributed by atoms with Crippen LogP contribution < -0.4 is 0 Å². The van der Waals surface area contributed by atoms with Crippen molar-refractivity contribution in [2.45, 2.75) is 108 Å². The van der Waals surface area contributed by atoms with Crippen LogP contribution in [0.5, 0.6) is 0 Å². The second-order valence-electron chi connectivity index (χ2n) is 6.83. The molecule has 0 aromatic heterocycles. The molecule has 0 amide bonds. The Bertz CT molecular complexity index is 341. The molecule has 0 heterocycles. The fourth-order valence-corrected chi connectivity index (χ4v) is 3.29. The van der Waals surface area contributed by atoms with Crippen LogP contribution in [0.25, 0.3) is 0 Å². The molecular weight excluding hydrogens is 492 g/mol. The average Bonchev–Trinajstić information content (AvgIpc) is 2.52. The predicted molar refractivity (Wildman–Crippen MR) is 122 cm³/mol. The van der Waals surface area contributed by atoms with E-state index in [9.17, 15) is 0 Å². The van der Waals surface area contributed by atoms with Gasteiger partial charge < -0.3 is 29.4 Å². The third kappa shape index (κ3) is 70.8. The van der Waals surface area contributed by atoms with Gasteiger partial charge in [-0.3, -0.25) is 0 Å². The van der Waals surface area contributed by atoms with E-state index in [4.69, 9.17) is 29.4 Å². The average molecular weight is 533 g/mol. The first-order chi connectivity index (χ1) is 12.9. The van der Waals surface area contributed by atoms with E-state index < -0.39 is 13.4 Å². The van der Waals surface area contributed by atoms with Crippen molar-refractivity contribution in [3.63, 3.8) is 0 Å². The fraction of sp³-hybridized carbons (Fsp3) is 1.00. The van der Waals surface area contributed by atoms with Crippen LogP contribution in [0.4, 0.5) is 0 Å². The molecule has 0 aromatic rings. The molecule has 0 atom stereocenters. The first-order valence-electron chi connectivity index (χ1n) is 10.3. The smallest absolute Gasteiger partial charge is 0.319 e. The van der Waals surface area contributed by atoms with Gasteiger partial charge in [0.05, 0.1) is 0 Å². The van der Waals surface area contributed by atoms with Crippen LogP contribution in [0, 0.1) is 0 Å². The molecule has 0 aromatic carbocycles. The molecule has 0 saturated carbocycles. The summed E-state index contributed by atoms with van der Waals surface area (Å²) in [4.78, 5) is 45.3. The van der Waals surface area contributed by atoms with Gasteiger partial charge in [-0.1, -0.05) is 32.6 Å². The third-order valence-corrected chi connectivity index (χ3v) is 4.90. The molecule has 0 aliphatic carbocycles.